The summed E-state index contributed by atoms with van der Waals surface area (Å²) in [5.74, 6) is 0.967. The Morgan fingerprint density at radius 1 is 1.44 bits per heavy atom. The van der Waals surface area contributed by atoms with Crippen LogP contribution in [0, 0.1) is 0 Å². The number of rotatable bonds is 4. The average Bonchev–Trinajstić information content (AvgIpc) is 3.00. The number of nitrogens with one attached hydrogen (secondary N) is 2. The van der Waals surface area contributed by atoms with Crippen LogP contribution < -0.4 is 10.6 Å². The van der Waals surface area contributed by atoms with Gasteiger partial charge in [-0.2, -0.15) is 0 Å². The molecule has 1 saturated heterocycles. The van der Waals surface area contributed by atoms with Crippen LogP contribution in [0.15, 0.2) is 24.3 Å². The van der Waals surface area contributed by atoms with E-state index in [0.29, 0.717) is 6.04 Å². The van der Waals surface area contributed by atoms with Crippen molar-refractivity contribution in [2.45, 2.75) is 25.3 Å². The Kier molecular flexibility index (Phi) is 3.19. The van der Waals surface area contributed by atoms with Gasteiger partial charge in [-0.25, -0.2) is 4.98 Å². The molecule has 4 heteroatoms. The number of fused-ring (bicyclic) bond motifs is 1. The lowest BCUT2D eigenvalue weighted by molar-refractivity contribution is 0.573. The Hall–Kier alpha value is -1.55. The third-order valence-corrected chi connectivity index (χ3v) is 3.73. The van der Waals surface area contributed by atoms with Crippen molar-refractivity contribution in [2.75, 3.05) is 18.4 Å². The molecule has 4 nitrogen and oxygen atoms in total. The smallest absolute Gasteiger partial charge is 0.203 e. The van der Waals surface area contributed by atoms with E-state index >= 15 is 0 Å². The van der Waals surface area contributed by atoms with Crippen molar-refractivity contribution in [2.24, 2.45) is 7.05 Å². The second kappa shape index (κ2) is 4.98. The monoisotopic (exact) mass is 244 g/mol. The summed E-state index contributed by atoms with van der Waals surface area (Å²) in [6, 6.07) is 8.93. The second-order valence-electron chi connectivity index (χ2n) is 4.99. The van der Waals surface area contributed by atoms with Crippen LogP contribution in [0.4, 0.5) is 5.95 Å². The maximum atomic E-state index is 4.61. The highest BCUT2D eigenvalue weighted by molar-refractivity contribution is 5.78. The third kappa shape index (κ3) is 2.20. The first kappa shape index (κ1) is 11.5. The standard InChI is InChI=1S/C14H20N4/c1-18-13-7-3-2-6-12(13)17-14(18)16-10-8-11-5-4-9-15-11/h2-3,6-7,11,15H,4-5,8-10H2,1H3,(H,16,17)/t11-/m0/s1. The number of hydrogen-bond donors (Lipinski definition) is 2. The Morgan fingerprint density at radius 2 is 2.33 bits per heavy atom. The van der Waals surface area contributed by atoms with Crippen molar-refractivity contribution in [3.63, 3.8) is 0 Å². The van der Waals surface area contributed by atoms with Gasteiger partial charge in [0.15, 0.2) is 0 Å². The van der Waals surface area contributed by atoms with Gasteiger partial charge in [-0.05, 0) is 37.9 Å². The molecule has 0 unspecified atom stereocenters. The van der Waals surface area contributed by atoms with E-state index in [4.69, 9.17) is 0 Å². The summed E-state index contributed by atoms with van der Waals surface area (Å²) in [4.78, 5) is 4.61. The fourth-order valence-corrected chi connectivity index (χ4v) is 2.66. The van der Waals surface area contributed by atoms with Crippen molar-refractivity contribution in [3.8, 4) is 0 Å². The molecule has 0 radical (unpaired) electrons. The van der Waals surface area contributed by atoms with Gasteiger partial charge in [-0.15, -0.1) is 0 Å². The van der Waals surface area contributed by atoms with Gasteiger partial charge in [0.1, 0.15) is 0 Å². The molecule has 96 valence electrons. The number of para-hydroxylation sites is 2. The van der Waals surface area contributed by atoms with Crippen LogP contribution in [0.3, 0.4) is 0 Å². The predicted octanol–water partition coefficient (Wildman–Crippen LogP) is 2.13. The maximum Gasteiger partial charge on any atom is 0.203 e. The average molecular weight is 244 g/mol. The van der Waals surface area contributed by atoms with Gasteiger partial charge in [-0.3, -0.25) is 0 Å². The molecule has 1 fully saturated rings. The van der Waals surface area contributed by atoms with Gasteiger partial charge in [0.25, 0.3) is 0 Å². The zero-order chi connectivity index (χ0) is 12.4. The molecular formula is C14H20N4. The van der Waals surface area contributed by atoms with Crippen molar-refractivity contribution in [1.29, 1.82) is 0 Å². The third-order valence-electron chi connectivity index (χ3n) is 3.73. The lowest BCUT2D eigenvalue weighted by Gasteiger charge is -2.11. The predicted molar refractivity (Wildman–Crippen MR) is 74.8 cm³/mol. The van der Waals surface area contributed by atoms with Gasteiger partial charge in [0.05, 0.1) is 11.0 Å². The number of anilines is 1. The van der Waals surface area contributed by atoms with Crippen molar-refractivity contribution in [3.05, 3.63) is 24.3 Å². The molecule has 1 aromatic carbocycles. The summed E-state index contributed by atoms with van der Waals surface area (Å²) >= 11 is 0. The van der Waals surface area contributed by atoms with E-state index in [9.17, 15) is 0 Å². The van der Waals surface area contributed by atoms with Gasteiger partial charge >= 0.3 is 0 Å². The van der Waals surface area contributed by atoms with Crippen LogP contribution in [0.2, 0.25) is 0 Å². The Morgan fingerprint density at radius 3 is 3.11 bits per heavy atom. The fraction of sp³-hybridized carbons (Fsp3) is 0.500. The number of aromatic nitrogens is 2. The summed E-state index contributed by atoms with van der Waals surface area (Å²) in [6.07, 6.45) is 3.80. The van der Waals surface area contributed by atoms with Crippen LogP contribution in [-0.2, 0) is 7.05 Å². The highest BCUT2D eigenvalue weighted by Crippen LogP contribution is 2.17. The summed E-state index contributed by atoms with van der Waals surface area (Å²) in [6.45, 7) is 2.16. The van der Waals surface area contributed by atoms with Crippen molar-refractivity contribution < 1.29 is 0 Å². The van der Waals surface area contributed by atoms with Crippen LogP contribution >= 0.6 is 0 Å². The summed E-state index contributed by atoms with van der Waals surface area (Å²) < 4.78 is 2.12. The van der Waals surface area contributed by atoms with Crippen LogP contribution in [0.5, 0.6) is 0 Å². The summed E-state index contributed by atoms with van der Waals surface area (Å²) in [5, 5.41) is 6.96. The number of aryl methyl sites for hydroxylation is 1. The van der Waals surface area contributed by atoms with E-state index in [1.807, 2.05) is 6.07 Å². The molecule has 0 amide bonds. The van der Waals surface area contributed by atoms with Gasteiger partial charge in [-0.1, -0.05) is 12.1 Å². The number of benzene rings is 1. The van der Waals surface area contributed by atoms with E-state index in [1.165, 1.54) is 31.3 Å². The number of nitrogens with zero attached hydrogens (tertiary/aromatic N) is 2. The SMILES string of the molecule is Cn1c(NCC[C@@H]2CCCN2)nc2ccccc21. The fourth-order valence-electron chi connectivity index (χ4n) is 2.66. The minimum atomic E-state index is 0.687. The molecule has 1 aromatic heterocycles. The lowest BCUT2D eigenvalue weighted by atomic mass is 10.1. The first-order valence-corrected chi connectivity index (χ1v) is 6.73. The number of imidazole rings is 1. The molecule has 1 aliphatic heterocycles. The molecule has 0 spiro atoms. The van der Waals surface area contributed by atoms with E-state index < -0.39 is 0 Å². The molecule has 2 N–H and O–H groups in total. The molecule has 2 heterocycles. The van der Waals surface area contributed by atoms with E-state index in [2.05, 4.69) is 45.4 Å². The van der Waals surface area contributed by atoms with Gasteiger partial charge < -0.3 is 15.2 Å². The first-order chi connectivity index (χ1) is 8.84. The molecule has 1 aliphatic rings. The highest BCUT2D eigenvalue weighted by atomic mass is 15.2. The minimum absolute atomic E-state index is 0.687. The largest absolute Gasteiger partial charge is 0.356 e. The molecule has 3 rings (SSSR count). The summed E-state index contributed by atoms with van der Waals surface area (Å²) in [5.41, 5.74) is 2.24. The minimum Gasteiger partial charge on any atom is -0.356 e. The molecular weight excluding hydrogens is 224 g/mol. The summed E-state index contributed by atoms with van der Waals surface area (Å²) in [7, 11) is 2.06. The molecule has 18 heavy (non-hydrogen) atoms. The second-order valence-corrected chi connectivity index (χ2v) is 4.99. The van der Waals surface area contributed by atoms with Gasteiger partial charge in [0, 0.05) is 19.6 Å². The molecule has 0 saturated carbocycles. The van der Waals surface area contributed by atoms with Gasteiger partial charge in [0.2, 0.25) is 5.95 Å². The van der Waals surface area contributed by atoms with E-state index in [1.54, 1.807) is 0 Å². The van der Waals surface area contributed by atoms with E-state index in [-0.39, 0.29) is 0 Å². The van der Waals surface area contributed by atoms with Crippen LogP contribution in [0.1, 0.15) is 19.3 Å². The Balaban J connectivity index is 1.65. The Labute approximate surface area is 107 Å². The number of hydrogen-bond acceptors (Lipinski definition) is 3. The zero-order valence-electron chi connectivity index (χ0n) is 10.8. The molecule has 2 aromatic rings. The molecule has 0 bridgehead atoms. The normalized spacial score (nSPS) is 19.5. The Bertz CT molecular complexity index is 526. The lowest BCUT2D eigenvalue weighted by Crippen LogP contribution is -2.24. The molecule has 1 atom stereocenters. The van der Waals surface area contributed by atoms with Crippen molar-refractivity contribution >= 4 is 17.0 Å². The van der Waals surface area contributed by atoms with Crippen LogP contribution in [0.25, 0.3) is 11.0 Å². The highest BCUT2D eigenvalue weighted by Gasteiger charge is 2.13. The zero-order valence-corrected chi connectivity index (χ0v) is 10.8. The quantitative estimate of drug-likeness (QED) is 0.865. The van der Waals surface area contributed by atoms with E-state index in [0.717, 1.165) is 18.0 Å². The van der Waals surface area contributed by atoms with Crippen LogP contribution in [-0.4, -0.2) is 28.7 Å². The first-order valence-electron chi connectivity index (χ1n) is 6.73. The van der Waals surface area contributed by atoms with Crippen molar-refractivity contribution in [1.82, 2.24) is 14.9 Å². The molecule has 0 aliphatic carbocycles. The maximum absolute atomic E-state index is 4.61. The topological polar surface area (TPSA) is 41.9 Å².